The number of fused-ring (bicyclic) bond motifs is 3. The molecule has 0 aromatic carbocycles. The molecule has 11 nitrogen and oxygen atoms in total. The molecular weight excluding hydrogens is 592 g/mol. The van der Waals surface area contributed by atoms with Gasteiger partial charge in [0.2, 0.25) is 0 Å². The number of carbonyl (C=O) groups excluding carboxylic acids is 1. The van der Waals surface area contributed by atoms with Crippen LogP contribution in [-0.4, -0.2) is 93.2 Å². The summed E-state index contributed by atoms with van der Waals surface area (Å²) in [5.74, 6) is 0.854. The van der Waals surface area contributed by atoms with Crippen molar-refractivity contribution in [3.63, 3.8) is 0 Å². The van der Waals surface area contributed by atoms with Crippen LogP contribution in [0.1, 0.15) is 92.7 Å². The van der Waals surface area contributed by atoms with Gasteiger partial charge >= 0.3 is 0 Å². The van der Waals surface area contributed by atoms with E-state index in [1.54, 1.807) is 21.6 Å². The van der Waals surface area contributed by atoms with E-state index in [4.69, 9.17) is 9.72 Å². The Hall–Kier alpha value is -3.16. The van der Waals surface area contributed by atoms with E-state index in [1.807, 2.05) is 6.07 Å². The van der Waals surface area contributed by atoms with Crippen LogP contribution in [0.4, 0.5) is 20.3 Å². The summed E-state index contributed by atoms with van der Waals surface area (Å²) in [5.41, 5.74) is 0.822. The second-order valence-corrected chi connectivity index (χ2v) is 14.4. The van der Waals surface area contributed by atoms with E-state index >= 15 is 0 Å². The molecule has 1 spiro atoms. The van der Waals surface area contributed by atoms with Crippen molar-refractivity contribution in [3.05, 3.63) is 35.9 Å². The van der Waals surface area contributed by atoms with E-state index in [0.29, 0.717) is 17.0 Å². The molecule has 4 aliphatic heterocycles. The number of aromatic nitrogens is 5. The van der Waals surface area contributed by atoms with E-state index in [-0.39, 0.29) is 29.5 Å². The number of ether oxygens (including phenoxy) is 1. The van der Waals surface area contributed by atoms with Gasteiger partial charge in [-0.05, 0) is 108 Å². The molecule has 2 N–H and O–H groups in total. The number of hydrogen-bond acceptors (Lipinski definition) is 8. The third-order valence-electron chi connectivity index (χ3n) is 11.5. The Morgan fingerprint density at radius 3 is 2.50 bits per heavy atom. The molecular formula is C33H45F2N9O2. The van der Waals surface area contributed by atoms with Gasteiger partial charge < -0.3 is 25.2 Å². The van der Waals surface area contributed by atoms with E-state index in [1.165, 1.54) is 45.0 Å². The molecule has 0 unspecified atom stereocenters. The summed E-state index contributed by atoms with van der Waals surface area (Å²) in [6.45, 7) is 7.34. The molecule has 2 bridgehead atoms. The number of halogens is 2. The van der Waals surface area contributed by atoms with Crippen LogP contribution in [0.25, 0.3) is 5.65 Å². The first kappa shape index (κ1) is 30.2. The average Bonchev–Trinajstić information content (AvgIpc) is 3.79. The van der Waals surface area contributed by atoms with Crippen molar-refractivity contribution in [3.8, 4) is 0 Å². The van der Waals surface area contributed by atoms with Crippen LogP contribution in [0.5, 0.6) is 0 Å². The molecule has 248 valence electrons. The van der Waals surface area contributed by atoms with Gasteiger partial charge in [-0.3, -0.25) is 9.48 Å². The predicted molar refractivity (Wildman–Crippen MR) is 169 cm³/mol. The lowest BCUT2D eigenvalue weighted by molar-refractivity contribution is 0.0302. The van der Waals surface area contributed by atoms with Crippen LogP contribution in [0.15, 0.2) is 24.7 Å². The van der Waals surface area contributed by atoms with Crippen molar-refractivity contribution in [2.75, 3.05) is 56.0 Å². The highest BCUT2D eigenvalue weighted by Gasteiger charge is 2.37. The van der Waals surface area contributed by atoms with E-state index < -0.39 is 18.0 Å². The smallest absolute Gasteiger partial charge is 0.284 e. The number of likely N-dealkylation sites (tertiary alicyclic amines) is 1. The molecule has 2 atom stereocenters. The molecule has 1 aliphatic carbocycles. The highest BCUT2D eigenvalue weighted by atomic mass is 19.3. The molecule has 3 aromatic heterocycles. The van der Waals surface area contributed by atoms with Crippen LogP contribution in [0, 0.1) is 11.3 Å². The monoisotopic (exact) mass is 637 g/mol. The fraction of sp³-hybridized carbons (Fsp3) is 0.697. The maximum absolute atomic E-state index is 14.2. The van der Waals surface area contributed by atoms with Crippen LogP contribution in [0.3, 0.4) is 0 Å². The first-order chi connectivity index (χ1) is 22.4. The van der Waals surface area contributed by atoms with Crippen molar-refractivity contribution < 1.29 is 18.3 Å². The first-order valence-electron chi connectivity index (χ1n) is 17.3. The molecule has 5 fully saturated rings. The molecule has 13 heteroatoms. The number of amides is 1. The summed E-state index contributed by atoms with van der Waals surface area (Å²) in [6.07, 6.45) is 13.6. The van der Waals surface area contributed by atoms with E-state index in [0.717, 1.165) is 77.1 Å². The van der Waals surface area contributed by atoms with E-state index in [9.17, 15) is 13.6 Å². The van der Waals surface area contributed by atoms with Gasteiger partial charge in [0.15, 0.2) is 11.3 Å². The van der Waals surface area contributed by atoms with Gasteiger partial charge in [-0.25, -0.2) is 18.3 Å². The molecule has 8 rings (SSSR count). The molecule has 1 amide bonds. The minimum absolute atomic E-state index is 0.0440. The number of piperidine rings is 2. The largest absolute Gasteiger partial charge is 0.371 e. The molecule has 3 aromatic rings. The van der Waals surface area contributed by atoms with Gasteiger partial charge in [0.05, 0.1) is 30.1 Å². The number of nitrogens with zero attached hydrogens (tertiary/aromatic N) is 7. The van der Waals surface area contributed by atoms with Crippen LogP contribution >= 0.6 is 0 Å². The Bertz CT molecular complexity index is 1520. The van der Waals surface area contributed by atoms with Gasteiger partial charge in [-0.2, -0.15) is 10.2 Å². The summed E-state index contributed by atoms with van der Waals surface area (Å²) in [7, 11) is 0. The Morgan fingerprint density at radius 2 is 1.78 bits per heavy atom. The minimum atomic E-state index is -2.81. The molecule has 46 heavy (non-hydrogen) atoms. The van der Waals surface area contributed by atoms with Crippen LogP contribution in [0.2, 0.25) is 0 Å². The zero-order chi connectivity index (χ0) is 31.3. The number of morpholine rings is 1. The highest BCUT2D eigenvalue weighted by Crippen LogP contribution is 2.41. The maximum atomic E-state index is 14.2. The number of nitrogens with one attached hydrogen (secondary N) is 2. The summed E-state index contributed by atoms with van der Waals surface area (Å²) in [6, 6.07) is 1.93. The van der Waals surface area contributed by atoms with Crippen molar-refractivity contribution in [2.45, 2.75) is 88.9 Å². The second kappa shape index (κ2) is 12.5. The van der Waals surface area contributed by atoms with Gasteiger partial charge in [-0.15, -0.1) is 0 Å². The predicted octanol–water partition coefficient (Wildman–Crippen LogP) is 4.68. The standard InChI is InChI=1S/C33H45F2N9O2/c34-30(35)29-27(38-32(45)26-17-37-43-14-7-28(39-31(26)43)42-19-24-5-6-25(20-42)46-24)21-44(40-29)23-3-1-22(2-4-23)18-41-15-10-33(11-16-41)8-12-36-13-9-33/h7,14,17,21-25,30,36H,1-6,8-13,15-16,18-20H2,(H,38,45)/t22?,23?,24-,25-/m1/s1. The molecule has 4 saturated heterocycles. The van der Waals surface area contributed by atoms with Crippen molar-refractivity contribution in [1.82, 2.24) is 34.6 Å². The average molecular weight is 638 g/mol. The number of anilines is 2. The van der Waals surface area contributed by atoms with Gasteiger partial charge in [0.25, 0.3) is 12.3 Å². The summed E-state index contributed by atoms with van der Waals surface area (Å²) >= 11 is 0. The van der Waals surface area contributed by atoms with E-state index in [2.05, 4.69) is 30.6 Å². The van der Waals surface area contributed by atoms with Crippen LogP contribution < -0.4 is 15.5 Å². The first-order valence-corrected chi connectivity index (χ1v) is 17.3. The fourth-order valence-electron chi connectivity index (χ4n) is 8.66. The number of hydrogen-bond donors (Lipinski definition) is 2. The maximum Gasteiger partial charge on any atom is 0.284 e. The van der Waals surface area contributed by atoms with Crippen molar-refractivity contribution in [2.24, 2.45) is 11.3 Å². The third-order valence-corrected chi connectivity index (χ3v) is 11.5. The zero-order valence-electron chi connectivity index (χ0n) is 26.4. The SMILES string of the molecule is O=C(Nc1cn(C2CCC(CN3CCC4(CCNCC4)CC3)CC2)nc1C(F)F)c1cnn2ccc(N3C[C@H]4CC[C@H](C3)O4)nc12. The Morgan fingerprint density at radius 1 is 1.04 bits per heavy atom. The Kier molecular flexibility index (Phi) is 8.18. The Balaban J connectivity index is 0.903. The lowest BCUT2D eigenvalue weighted by Crippen LogP contribution is -2.46. The van der Waals surface area contributed by atoms with Gasteiger partial charge in [-0.1, -0.05) is 0 Å². The number of carbonyl (C=O) groups is 1. The Labute approximate surface area is 268 Å². The summed E-state index contributed by atoms with van der Waals surface area (Å²) < 4.78 is 37.5. The summed E-state index contributed by atoms with van der Waals surface area (Å²) in [4.78, 5) is 23.1. The normalized spacial score (nSPS) is 28.4. The number of alkyl halides is 2. The van der Waals surface area contributed by atoms with Crippen LogP contribution in [-0.2, 0) is 4.74 Å². The molecule has 0 radical (unpaired) electrons. The minimum Gasteiger partial charge on any atom is -0.371 e. The number of rotatable bonds is 7. The molecule has 7 heterocycles. The van der Waals surface area contributed by atoms with Gasteiger partial charge in [0.1, 0.15) is 11.4 Å². The highest BCUT2D eigenvalue weighted by molar-refractivity contribution is 6.08. The van der Waals surface area contributed by atoms with Crippen molar-refractivity contribution in [1.29, 1.82) is 0 Å². The molecule has 1 saturated carbocycles. The van der Waals surface area contributed by atoms with Gasteiger partial charge in [0, 0.05) is 32.0 Å². The fourth-order valence-corrected chi connectivity index (χ4v) is 8.66. The molecule has 5 aliphatic rings. The summed E-state index contributed by atoms with van der Waals surface area (Å²) in [5, 5.41) is 14.8. The quantitative estimate of drug-likeness (QED) is 0.385. The third kappa shape index (κ3) is 6.01. The van der Waals surface area contributed by atoms with Crippen molar-refractivity contribution >= 4 is 23.1 Å². The lowest BCUT2D eigenvalue weighted by atomic mass is 9.71. The lowest BCUT2D eigenvalue weighted by Gasteiger charge is -2.45. The second-order valence-electron chi connectivity index (χ2n) is 14.4. The topological polar surface area (TPSA) is 105 Å². The zero-order valence-corrected chi connectivity index (χ0v) is 26.4.